The zero-order valence-electron chi connectivity index (χ0n) is 9.73. The Bertz CT molecular complexity index is 477. The highest BCUT2D eigenvalue weighted by atomic mass is 79.9. The van der Waals surface area contributed by atoms with Gasteiger partial charge < -0.3 is 10.1 Å². The van der Waals surface area contributed by atoms with E-state index in [4.69, 9.17) is 4.74 Å². The fourth-order valence-corrected chi connectivity index (χ4v) is 1.48. The first-order valence-electron chi connectivity index (χ1n) is 5.19. The summed E-state index contributed by atoms with van der Waals surface area (Å²) in [6.45, 7) is 5.38. The van der Waals surface area contributed by atoms with Crippen molar-refractivity contribution in [3.63, 3.8) is 0 Å². The first-order chi connectivity index (χ1) is 8.45. The standard InChI is InChI=1S/C12H12BrF2NO2/c1-3-18-12(17)7(2)6-16-11-5-9(14)8(13)4-10(11)15/h4-5,16H,2-3,6H2,1H3. The molecule has 1 aromatic rings. The fraction of sp³-hybridized carbons (Fsp3) is 0.250. The molecule has 1 aromatic carbocycles. The van der Waals surface area contributed by atoms with Crippen molar-refractivity contribution >= 4 is 27.6 Å². The normalized spacial score (nSPS) is 10.0. The van der Waals surface area contributed by atoms with Crippen LogP contribution in [0.2, 0.25) is 0 Å². The Kier molecular flexibility index (Phi) is 5.27. The molecule has 0 saturated carbocycles. The van der Waals surface area contributed by atoms with E-state index in [1.165, 1.54) is 0 Å². The van der Waals surface area contributed by atoms with Crippen LogP contribution in [0.25, 0.3) is 0 Å². The van der Waals surface area contributed by atoms with E-state index in [9.17, 15) is 13.6 Å². The number of esters is 1. The van der Waals surface area contributed by atoms with Crippen LogP contribution in [0.15, 0.2) is 28.8 Å². The molecule has 0 aliphatic carbocycles. The minimum absolute atomic E-state index is 0.0170. The summed E-state index contributed by atoms with van der Waals surface area (Å²) in [5.74, 6) is -1.79. The van der Waals surface area contributed by atoms with E-state index in [0.29, 0.717) is 0 Å². The third kappa shape index (κ3) is 3.80. The summed E-state index contributed by atoms with van der Waals surface area (Å²) in [5.41, 5.74) is 0.0979. The first kappa shape index (κ1) is 14.6. The number of ether oxygens (including phenoxy) is 1. The summed E-state index contributed by atoms with van der Waals surface area (Å²) < 4.78 is 31.4. The van der Waals surface area contributed by atoms with Crippen LogP contribution >= 0.6 is 15.9 Å². The number of halogens is 3. The smallest absolute Gasteiger partial charge is 0.335 e. The molecule has 6 heteroatoms. The minimum atomic E-state index is -0.625. The summed E-state index contributed by atoms with van der Waals surface area (Å²) in [6.07, 6.45) is 0. The molecule has 1 rings (SSSR count). The molecule has 1 N–H and O–H groups in total. The molecule has 0 bridgehead atoms. The maximum Gasteiger partial charge on any atom is 0.335 e. The highest BCUT2D eigenvalue weighted by Crippen LogP contribution is 2.23. The molecule has 0 spiro atoms. The molecule has 0 aliphatic rings. The highest BCUT2D eigenvalue weighted by molar-refractivity contribution is 9.10. The van der Waals surface area contributed by atoms with E-state index in [0.717, 1.165) is 12.1 Å². The van der Waals surface area contributed by atoms with E-state index >= 15 is 0 Å². The molecule has 0 aromatic heterocycles. The van der Waals surface area contributed by atoms with Crippen molar-refractivity contribution < 1.29 is 18.3 Å². The third-order valence-corrected chi connectivity index (χ3v) is 2.67. The van der Waals surface area contributed by atoms with Crippen LogP contribution in [-0.2, 0) is 9.53 Å². The second-order valence-corrected chi connectivity index (χ2v) is 4.28. The van der Waals surface area contributed by atoms with Gasteiger partial charge in [0.1, 0.15) is 11.6 Å². The topological polar surface area (TPSA) is 38.3 Å². The van der Waals surface area contributed by atoms with E-state index in [-0.39, 0.29) is 28.9 Å². The van der Waals surface area contributed by atoms with Gasteiger partial charge in [0, 0.05) is 18.2 Å². The highest BCUT2D eigenvalue weighted by Gasteiger charge is 2.11. The van der Waals surface area contributed by atoms with Crippen LogP contribution in [0.4, 0.5) is 14.5 Å². The predicted molar refractivity (Wildman–Crippen MR) is 68.3 cm³/mol. The van der Waals surface area contributed by atoms with Gasteiger partial charge in [-0.1, -0.05) is 6.58 Å². The van der Waals surface area contributed by atoms with Crippen LogP contribution in [0.1, 0.15) is 6.92 Å². The van der Waals surface area contributed by atoms with Crippen molar-refractivity contribution in [3.8, 4) is 0 Å². The van der Waals surface area contributed by atoms with Crippen LogP contribution in [0, 0.1) is 11.6 Å². The van der Waals surface area contributed by atoms with E-state index < -0.39 is 17.6 Å². The quantitative estimate of drug-likeness (QED) is 0.514. The van der Waals surface area contributed by atoms with Gasteiger partial charge in [-0.15, -0.1) is 0 Å². The zero-order valence-corrected chi connectivity index (χ0v) is 11.3. The molecule has 18 heavy (non-hydrogen) atoms. The summed E-state index contributed by atoms with van der Waals surface area (Å²) in [4.78, 5) is 11.2. The van der Waals surface area contributed by atoms with E-state index in [1.807, 2.05) is 0 Å². The Hall–Kier alpha value is -1.43. The van der Waals surface area contributed by atoms with Crippen molar-refractivity contribution in [3.05, 3.63) is 40.4 Å². The number of rotatable bonds is 5. The molecule has 98 valence electrons. The number of carbonyl (C=O) groups excluding carboxylic acids is 1. The van der Waals surface area contributed by atoms with Gasteiger partial charge in [-0.2, -0.15) is 0 Å². The van der Waals surface area contributed by atoms with Crippen LogP contribution < -0.4 is 5.32 Å². The molecule has 0 atom stereocenters. The van der Waals surface area contributed by atoms with Crippen molar-refractivity contribution in [1.82, 2.24) is 0 Å². The predicted octanol–water partition coefficient (Wildman–Crippen LogP) is 3.26. The molecule has 0 saturated heterocycles. The van der Waals surface area contributed by atoms with Gasteiger partial charge in [0.05, 0.1) is 16.8 Å². The molecule has 3 nitrogen and oxygen atoms in total. The first-order valence-corrected chi connectivity index (χ1v) is 5.98. The minimum Gasteiger partial charge on any atom is -0.463 e. The summed E-state index contributed by atoms with van der Waals surface area (Å²) in [6, 6.07) is 2.00. The lowest BCUT2D eigenvalue weighted by atomic mass is 10.2. The number of hydrogen-bond donors (Lipinski definition) is 1. The number of nitrogens with one attached hydrogen (secondary N) is 1. The van der Waals surface area contributed by atoms with Crippen LogP contribution in [0.3, 0.4) is 0 Å². The van der Waals surface area contributed by atoms with Crippen molar-refractivity contribution in [2.45, 2.75) is 6.92 Å². The average Bonchev–Trinajstić information content (AvgIpc) is 2.32. The lowest BCUT2D eigenvalue weighted by Gasteiger charge is -2.10. The van der Waals surface area contributed by atoms with Crippen LogP contribution in [0.5, 0.6) is 0 Å². The zero-order chi connectivity index (χ0) is 13.7. The molecule has 0 aliphatic heterocycles. The van der Waals surface area contributed by atoms with Gasteiger partial charge in [-0.25, -0.2) is 13.6 Å². The maximum absolute atomic E-state index is 13.4. The molecule has 0 unspecified atom stereocenters. The van der Waals surface area contributed by atoms with Crippen molar-refractivity contribution in [2.24, 2.45) is 0 Å². The summed E-state index contributed by atoms with van der Waals surface area (Å²) in [5, 5.41) is 2.58. The molecule has 0 fully saturated rings. The molecular weight excluding hydrogens is 308 g/mol. The molecule has 0 radical (unpaired) electrons. The molecular formula is C12H12BrF2NO2. The maximum atomic E-state index is 13.4. The number of carbonyl (C=O) groups is 1. The van der Waals surface area contributed by atoms with Gasteiger partial charge in [-0.3, -0.25) is 0 Å². The lowest BCUT2D eigenvalue weighted by Crippen LogP contribution is -2.15. The summed E-state index contributed by atoms with van der Waals surface area (Å²) in [7, 11) is 0. The number of hydrogen-bond acceptors (Lipinski definition) is 3. The van der Waals surface area contributed by atoms with Gasteiger partial charge in [-0.05, 0) is 28.9 Å². The van der Waals surface area contributed by atoms with E-state index in [1.54, 1.807) is 6.92 Å². The van der Waals surface area contributed by atoms with Gasteiger partial charge in [0.2, 0.25) is 0 Å². The van der Waals surface area contributed by atoms with Crippen molar-refractivity contribution in [2.75, 3.05) is 18.5 Å². The second-order valence-electron chi connectivity index (χ2n) is 3.42. The number of anilines is 1. The number of benzene rings is 1. The SMILES string of the molecule is C=C(CNc1cc(F)c(Br)cc1F)C(=O)OCC. The molecule has 0 amide bonds. The van der Waals surface area contributed by atoms with E-state index in [2.05, 4.69) is 27.8 Å². The third-order valence-electron chi connectivity index (χ3n) is 2.07. The Labute approximate surface area is 112 Å². The average molecular weight is 320 g/mol. The fourth-order valence-electron chi connectivity index (χ4n) is 1.17. The largest absolute Gasteiger partial charge is 0.463 e. The Morgan fingerprint density at radius 2 is 2.11 bits per heavy atom. The Morgan fingerprint density at radius 1 is 1.44 bits per heavy atom. The van der Waals surface area contributed by atoms with Gasteiger partial charge in [0.25, 0.3) is 0 Å². The van der Waals surface area contributed by atoms with Crippen molar-refractivity contribution in [1.29, 1.82) is 0 Å². The monoisotopic (exact) mass is 319 g/mol. The van der Waals surface area contributed by atoms with Crippen LogP contribution in [-0.4, -0.2) is 19.1 Å². The van der Waals surface area contributed by atoms with Gasteiger partial charge in [0.15, 0.2) is 0 Å². The Morgan fingerprint density at radius 3 is 2.72 bits per heavy atom. The molecule has 0 heterocycles. The Balaban J connectivity index is 2.67. The summed E-state index contributed by atoms with van der Waals surface area (Å²) >= 11 is 2.87. The second kappa shape index (κ2) is 6.49. The van der Waals surface area contributed by atoms with Gasteiger partial charge >= 0.3 is 5.97 Å². The lowest BCUT2D eigenvalue weighted by molar-refractivity contribution is -0.138.